The SMILES string of the molecule is CCOC(=O)C1CCN(c2ncc(-c3cn4c(C(C)(O)c5ccccc5OC(F)F)c(C)nc4cn3)cn2)CC1. The van der Waals surface area contributed by atoms with Gasteiger partial charge in [-0.05, 0) is 39.7 Å². The molecule has 1 aliphatic heterocycles. The van der Waals surface area contributed by atoms with E-state index in [0.717, 1.165) is 0 Å². The number of esters is 1. The van der Waals surface area contributed by atoms with Crippen LogP contribution in [0.2, 0.25) is 0 Å². The van der Waals surface area contributed by atoms with E-state index in [1.54, 1.807) is 61.2 Å². The summed E-state index contributed by atoms with van der Waals surface area (Å²) in [5, 5.41) is 11.7. The largest absolute Gasteiger partial charge is 0.466 e. The van der Waals surface area contributed by atoms with Crippen molar-refractivity contribution in [2.45, 2.75) is 45.8 Å². The Hall–Kier alpha value is -4.19. The van der Waals surface area contributed by atoms with Gasteiger partial charge in [0.1, 0.15) is 11.4 Å². The molecule has 12 heteroatoms. The maximum Gasteiger partial charge on any atom is 0.387 e. The average molecular weight is 553 g/mol. The number of piperidine rings is 1. The normalized spacial score (nSPS) is 15.8. The van der Waals surface area contributed by atoms with Crippen LogP contribution < -0.4 is 9.64 Å². The first-order valence-electron chi connectivity index (χ1n) is 13.0. The van der Waals surface area contributed by atoms with Crippen molar-refractivity contribution in [3.63, 3.8) is 0 Å². The second-order valence-corrected chi connectivity index (χ2v) is 9.78. The van der Waals surface area contributed by atoms with Gasteiger partial charge in [-0.3, -0.25) is 14.2 Å². The van der Waals surface area contributed by atoms with Crippen LogP contribution in [0.3, 0.4) is 0 Å². The number of carbonyl (C=O) groups is 1. The molecular weight excluding hydrogens is 522 g/mol. The van der Waals surface area contributed by atoms with Gasteiger partial charge in [0.05, 0.1) is 35.8 Å². The number of benzene rings is 1. The summed E-state index contributed by atoms with van der Waals surface area (Å²) in [7, 11) is 0. The molecule has 210 valence electrons. The maximum atomic E-state index is 13.1. The Kier molecular flexibility index (Phi) is 7.61. The van der Waals surface area contributed by atoms with Crippen molar-refractivity contribution >= 4 is 17.6 Å². The summed E-state index contributed by atoms with van der Waals surface area (Å²) in [5.74, 6) is 0.176. The number of hydrogen-bond donors (Lipinski definition) is 1. The molecule has 40 heavy (non-hydrogen) atoms. The van der Waals surface area contributed by atoms with Gasteiger partial charge in [0, 0.05) is 42.8 Å². The molecule has 1 unspecified atom stereocenters. The molecule has 4 heterocycles. The first-order valence-corrected chi connectivity index (χ1v) is 13.0. The number of rotatable bonds is 8. The van der Waals surface area contributed by atoms with Gasteiger partial charge < -0.3 is 19.5 Å². The van der Waals surface area contributed by atoms with E-state index in [1.165, 1.54) is 13.0 Å². The molecule has 1 N–H and O–H groups in total. The van der Waals surface area contributed by atoms with E-state index in [4.69, 9.17) is 4.74 Å². The number of ether oxygens (including phenoxy) is 2. The number of aryl methyl sites for hydroxylation is 1. The third kappa shape index (κ3) is 5.31. The number of nitrogens with zero attached hydrogens (tertiary/aromatic N) is 6. The molecule has 1 saturated heterocycles. The monoisotopic (exact) mass is 552 g/mol. The zero-order valence-electron chi connectivity index (χ0n) is 22.4. The van der Waals surface area contributed by atoms with Crippen LogP contribution in [0.1, 0.15) is 43.6 Å². The Bertz CT molecular complexity index is 1500. The van der Waals surface area contributed by atoms with Crippen LogP contribution in [-0.2, 0) is 15.1 Å². The smallest absolute Gasteiger partial charge is 0.387 e. The predicted octanol–water partition coefficient (Wildman–Crippen LogP) is 4.13. The number of hydrogen-bond acceptors (Lipinski definition) is 9. The van der Waals surface area contributed by atoms with Crippen molar-refractivity contribution in [2.75, 3.05) is 24.6 Å². The van der Waals surface area contributed by atoms with Gasteiger partial charge in [-0.15, -0.1) is 0 Å². The predicted molar refractivity (Wildman–Crippen MR) is 142 cm³/mol. The van der Waals surface area contributed by atoms with Gasteiger partial charge in [-0.25, -0.2) is 15.0 Å². The van der Waals surface area contributed by atoms with Crippen LogP contribution in [-0.4, -0.2) is 61.7 Å². The van der Waals surface area contributed by atoms with Crippen molar-refractivity contribution in [3.8, 4) is 17.0 Å². The molecule has 1 aromatic carbocycles. The Morgan fingerprint density at radius 1 is 1.15 bits per heavy atom. The molecule has 4 aromatic rings. The minimum Gasteiger partial charge on any atom is -0.466 e. The lowest BCUT2D eigenvalue weighted by atomic mass is 9.90. The number of anilines is 1. The Labute approximate surface area is 229 Å². The number of halogens is 2. The molecule has 0 amide bonds. The molecular formula is C28H30F2N6O4. The zero-order chi connectivity index (χ0) is 28.4. The van der Waals surface area contributed by atoms with E-state index in [2.05, 4.69) is 24.7 Å². The summed E-state index contributed by atoms with van der Waals surface area (Å²) in [6.07, 6.45) is 7.96. The minimum absolute atomic E-state index is 0.106. The topological polar surface area (TPSA) is 115 Å². The fourth-order valence-corrected chi connectivity index (χ4v) is 5.20. The molecule has 3 aromatic heterocycles. The van der Waals surface area contributed by atoms with Gasteiger partial charge >= 0.3 is 12.6 Å². The van der Waals surface area contributed by atoms with Crippen LogP contribution in [0.5, 0.6) is 5.75 Å². The molecule has 0 aliphatic carbocycles. The lowest BCUT2D eigenvalue weighted by molar-refractivity contribution is -0.148. The first-order chi connectivity index (χ1) is 19.2. The highest BCUT2D eigenvalue weighted by Crippen LogP contribution is 2.38. The van der Waals surface area contributed by atoms with Crippen molar-refractivity contribution in [3.05, 3.63) is 66.0 Å². The van der Waals surface area contributed by atoms with Gasteiger partial charge in [0.2, 0.25) is 5.95 Å². The van der Waals surface area contributed by atoms with Crippen molar-refractivity contribution in [1.29, 1.82) is 0 Å². The summed E-state index contributed by atoms with van der Waals surface area (Å²) in [6.45, 7) is 3.69. The molecule has 1 aliphatic rings. The lowest BCUT2D eigenvalue weighted by Gasteiger charge is -2.30. The number of aromatic nitrogens is 5. The second-order valence-electron chi connectivity index (χ2n) is 9.78. The molecule has 5 rings (SSSR count). The Morgan fingerprint density at radius 2 is 1.85 bits per heavy atom. The number of fused-ring (bicyclic) bond motifs is 1. The third-order valence-electron chi connectivity index (χ3n) is 7.10. The van der Waals surface area contributed by atoms with Crippen molar-refractivity contribution < 1.29 is 28.2 Å². The molecule has 0 bridgehead atoms. The molecule has 1 fully saturated rings. The lowest BCUT2D eigenvalue weighted by Crippen LogP contribution is -2.37. The van der Waals surface area contributed by atoms with Crippen LogP contribution in [0.25, 0.3) is 16.9 Å². The van der Waals surface area contributed by atoms with E-state index in [1.807, 2.05) is 4.90 Å². The summed E-state index contributed by atoms with van der Waals surface area (Å²) >= 11 is 0. The highest BCUT2D eigenvalue weighted by atomic mass is 19.3. The molecule has 0 saturated carbocycles. The number of alkyl halides is 2. The average Bonchev–Trinajstić information content (AvgIpc) is 3.29. The first kappa shape index (κ1) is 27.4. The molecule has 1 atom stereocenters. The summed E-state index contributed by atoms with van der Waals surface area (Å²) in [6, 6.07) is 6.14. The molecule has 0 spiro atoms. The van der Waals surface area contributed by atoms with E-state index in [0.29, 0.717) is 66.8 Å². The van der Waals surface area contributed by atoms with E-state index < -0.39 is 12.2 Å². The molecule has 10 nitrogen and oxygen atoms in total. The van der Waals surface area contributed by atoms with Gasteiger partial charge in [0.25, 0.3) is 0 Å². The summed E-state index contributed by atoms with van der Waals surface area (Å²) in [4.78, 5) is 32.1. The number of carbonyl (C=O) groups excluding carboxylic acids is 1. The van der Waals surface area contributed by atoms with Crippen LogP contribution >= 0.6 is 0 Å². The van der Waals surface area contributed by atoms with Gasteiger partial charge in [0.15, 0.2) is 5.65 Å². The van der Waals surface area contributed by atoms with Crippen molar-refractivity contribution in [1.82, 2.24) is 24.3 Å². The summed E-state index contributed by atoms with van der Waals surface area (Å²) < 4.78 is 37.6. The third-order valence-corrected chi connectivity index (χ3v) is 7.10. The number of aliphatic hydroxyl groups is 1. The van der Waals surface area contributed by atoms with E-state index in [-0.39, 0.29) is 23.2 Å². The Balaban J connectivity index is 1.42. The van der Waals surface area contributed by atoms with E-state index >= 15 is 0 Å². The summed E-state index contributed by atoms with van der Waals surface area (Å²) in [5.41, 5.74) is 1.01. The maximum absolute atomic E-state index is 13.1. The second kappa shape index (κ2) is 11.1. The van der Waals surface area contributed by atoms with Gasteiger partial charge in [-0.2, -0.15) is 8.78 Å². The number of para-hydroxylation sites is 1. The standard InChI is InChI=1S/C28H30F2N6O4/c1-4-39-25(37)18-9-11-35(12-10-18)27-32-13-19(14-33-27)21-16-36-23(15-31-21)34-17(2)24(36)28(3,38)20-7-5-6-8-22(20)40-26(29)30/h5-8,13-16,18,26,38H,4,9-12H2,1-3H3. The Morgan fingerprint density at radius 3 is 2.52 bits per heavy atom. The fourth-order valence-electron chi connectivity index (χ4n) is 5.20. The van der Waals surface area contributed by atoms with E-state index in [9.17, 15) is 18.7 Å². The fraction of sp³-hybridized carbons (Fsp3) is 0.393. The van der Waals surface area contributed by atoms with Crippen LogP contribution in [0, 0.1) is 12.8 Å². The van der Waals surface area contributed by atoms with Crippen LogP contribution in [0.15, 0.2) is 49.1 Å². The van der Waals surface area contributed by atoms with Crippen molar-refractivity contribution in [2.24, 2.45) is 5.92 Å². The highest BCUT2D eigenvalue weighted by molar-refractivity contribution is 5.72. The molecule has 0 radical (unpaired) electrons. The zero-order valence-corrected chi connectivity index (χ0v) is 22.4. The number of imidazole rings is 1. The minimum atomic E-state index is -3.04. The highest BCUT2D eigenvalue weighted by Gasteiger charge is 2.35. The van der Waals surface area contributed by atoms with Crippen LogP contribution in [0.4, 0.5) is 14.7 Å². The van der Waals surface area contributed by atoms with Gasteiger partial charge in [-0.1, -0.05) is 18.2 Å². The quantitative estimate of drug-likeness (QED) is 0.322.